The number of benzene rings is 1. The van der Waals surface area contributed by atoms with Gasteiger partial charge in [-0.3, -0.25) is 9.59 Å². The van der Waals surface area contributed by atoms with Crippen molar-refractivity contribution in [3.63, 3.8) is 0 Å². The molecule has 0 saturated carbocycles. The lowest BCUT2D eigenvalue weighted by atomic mass is 9.80. The maximum atomic E-state index is 12.3. The number of para-hydroxylation sites is 2. The van der Waals surface area contributed by atoms with Crippen LogP contribution in [0.4, 0.5) is 13.2 Å². The Morgan fingerprint density at radius 3 is 2.30 bits per heavy atom. The van der Waals surface area contributed by atoms with E-state index in [4.69, 9.17) is 9.47 Å². The van der Waals surface area contributed by atoms with Gasteiger partial charge in [0.2, 0.25) is 0 Å². The fourth-order valence-electron chi connectivity index (χ4n) is 2.54. The van der Waals surface area contributed by atoms with Gasteiger partial charge in [0.15, 0.2) is 24.7 Å². The monoisotopic (exact) mass is 391 g/mol. The quantitative estimate of drug-likeness (QED) is 0.704. The number of carbonyl (C=O) groups excluding carboxylic acids is 1. The summed E-state index contributed by atoms with van der Waals surface area (Å²) in [5.41, 5.74) is -1.10. The van der Waals surface area contributed by atoms with Gasteiger partial charge in [-0.15, -0.1) is 0 Å². The third-order valence-corrected chi connectivity index (χ3v) is 4.13. The van der Waals surface area contributed by atoms with Crippen molar-refractivity contribution in [1.82, 2.24) is 5.32 Å². The van der Waals surface area contributed by atoms with Gasteiger partial charge in [-0.25, -0.2) is 0 Å². The first-order chi connectivity index (χ1) is 12.7. The van der Waals surface area contributed by atoms with Gasteiger partial charge in [0.25, 0.3) is 5.91 Å². The van der Waals surface area contributed by atoms with Gasteiger partial charge in [0.05, 0.1) is 5.41 Å². The number of nitrogens with one attached hydrogen (secondary N) is 1. The second-order valence-electron chi connectivity index (χ2n) is 6.11. The van der Waals surface area contributed by atoms with Crippen molar-refractivity contribution in [3.05, 3.63) is 24.3 Å². The number of carboxylic acid groups (broad SMARTS) is 1. The fourth-order valence-corrected chi connectivity index (χ4v) is 2.54. The van der Waals surface area contributed by atoms with E-state index in [1.165, 1.54) is 24.3 Å². The van der Waals surface area contributed by atoms with Crippen molar-refractivity contribution in [2.45, 2.75) is 19.0 Å². The Balaban J connectivity index is 1.87. The Kier molecular flexibility index (Phi) is 6.89. The minimum Gasteiger partial charge on any atom is -0.481 e. The normalized spacial score (nSPS) is 16.4. The molecule has 1 saturated heterocycles. The summed E-state index contributed by atoms with van der Waals surface area (Å²) in [4.78, 5) is 23.5. The van der Waals surface area contributed by atoms with Crippen LogP contribution < -0.4 is 14.8 Å². The minimum absolute atomic E-state index is 0.0177. The zero-order chi connectivity index (χ0) is 19.9. The van der Waals surface area contributed by atoms with Crippen LogP contribution in [0.15, 0.2) is 24.3 Å². The van der Waals surface area contributed by atoms with Gasteiger partial charge in [0, 0.05) is 19.8 Å². The number of carboxylic acids is 1. The topological polar surface area (TPSA) is 94.1 Å². The maximum Gasteiger partial charge on any atom is 0.422 e. The summed E-state index contributed by atoms with van der Waals surface area (Å²) in [6.45, 7) is -1.47. The number of halogens is 3. The zero-order valence-electron chi connectivity index (χ0n) is 14.4. The highest BCUT2D eigenvalue weighted by Crippen LogP contribution is 2.30. The average molecular weight is 391 g/mol. The summed E-state index contributed by atoms with van der Waals surface area (Å²) in [7, 11) is 0. The van der Waals surface area contributed by atoms with Gasteiger partial charge in [0.1, 0.15) is 0 Å². The number of rotatable bonds is 8. The van der Waals surface area contributed by atoms with Crippen LogP contribution in [0.2, 0.25) is 0 Å². The summed E-state index contributed by atoms with van der Waals surface area (Å²) < 4.78 is 51.9. The highest BCUT2D eigenvalue weighted by Gasteiger charge is 2.40. The lowest BCUT2D eigenvalue weighted by molar-refractivity contribution is -0.155. The van der Waals surface area contributed by atoms with E-state index in [1.807, 2.05) is 0 Å². The van der Waals surface area contributed by atoms with Crippen molar-refractivity contribution in [2.75, 3.05) is 33.0 Å². The Hall–Kier alpha value is -2.49. The number of ether oxygens (including phenoxy) is 3. The third-order valence-electron chi connectivity index (χ3n) is 4.13. The Morgan fingerprint density at radius 1 is 1.15 bits per heavy atom. The van der Waals surface area contributed by atoms with Gasteiger partial charge in [-0.2, -0.15) is 13.2 Å². The van der Waals surface area contributed by atoms with Crippen molar-refractivity contribution in [3.8, 4) is 11.5 Å². The predicted octanol–water partition coefficient (Wildman–Crippen LogP) is 2.00. The second kappa shape index (κ2) is 8.94. The summed E-state index contributed by atoms with van der Waals surface area (Å²) >= 11 is 0. The molecule has 0 spiro atoms. The Bertz CT molecular complexity index is 658. The molecule has 0 bridgehead atoms. The van der Waals surface area contributed by atoms with Crippen LogP contribution in [0, 0.1) is 5.41 Å². The van der Waals surface area contributed by atoms with Crippen LogP contribution in [-0.4, -0.2) is 56.1 Å². The van der Waals surface area contributed by atoms with E-state index in [9.17, 15) is 27.9 Å². The summed E-state index contributed by atoms with van der Waals surface area (Å²) in [6.07, 6.45) is -3.95. The van der Waals surface area contributed by atoms with Gasteiger partial charge < -0.3 is 24.6 Å². The number of carbonyl (C=O) groups is 2. The summed E-state index contributed by atoms with van der Waals surface area (Å²) in [6, 6.07) is 5.66. The van der Waals surface area contributed by atoms with Crippen LogP contribution in [0.3, 0.4) is 0 Å². The maximum absolute atomic E-state index is 12.3. The molecule has 0 atom stereocenters. The highest BCUT2D eigenvalue weighted by molar-refractivity contribution is 5.80. The van der Waals surface area contributed by atoms with E-state index in [-0.39, 0.29) is 30.9 Å². The molecule has 0 aliphatic carbocycles. The van der Waals surface area contributed by atoms with Crippen molar-refractivity contribution in [2.24, 2.45) is 5.41 Å². The van der Waals surface area contributed by atoms with E-state index in [2.05, 4.69) is 10.1 Å². The first-order valence-electron chi connectivity index (χ1n) is 8.21. The van der Waals surface area contributed by atoms with Crippen LogP contribution in [0.5, 0.6) is 11.5 Å². The van der Waals surface area contributed by atoms with Gasteiger partial charge in [-0.05, 0) is 25.0 Å². The molecule has 1 aromatic carbocycles. The minimum atomic E-state index is -4.50. The molecule has 1 heterocycles. The molecule has 7 nitrogen and oxygen atoms in total. The molecule has 10 heteroatoms. The molecule has 1 fully saturated rings. The molecule has 0 aromatic heterocycles. The molecular weight excluding hydrogens is 371 g/mol. The van der Waals surface area contributed by atoms with Crippen LogP contribution in [-0.2, 0) is 14.3 Å². The van der Waals surface area contributed by atoms with Crippen LogP contribution in [0.25, 0.3) is 0 Å². The van der Waals surface area contributed by atoms with E-state index in [0.29, 0.717) is 13.2 Å². The highest BCUT2D eigenvalue weighted by atomic mass is 19.4. The van der Waals surface area contributed by atoms with E-state index in [1.54, 1.807) is 0 Å². The number of hydrogen-bond acceptors (Lipinski definition) is 5. The van der Waals surface area contributed by atoms with Crippen LogP contribution in [0.1, 0.15) is 12.8 Å². The molecular formula is C17H20F3NO6. The summed E-state index contributed by atoms with van der Waals surface area (Å²) in [5, 5.41) is 11.9. The standard InChI is InChI=1S/C17H20F3NO6/c18-17(19,20)11-27-13-4-2-1-3-12(13)26-9-14(22)21-10-16(15(23)24)5-7-25-8-6-16/h1-4H,5-11H2,(H,21,22)(H,23,24). The number of alkyl halides is 3. The first kappa shape index (κ1) is 20.8. The lowest BCUT2D eigenvalue weighted by Gasteiger charge is -2.33. The second-order valence-corrected chi connectivity index (χ2v) is 6.11. The molecule has 1 aliphatic rings. The Morgan fingerprint density at radius 2 is 1.74 bits per heavy atom. The number of amides is 1. The Labute approximate surface area is 153 Å². The molecule has 27 heavy (non-hydrogen) atoms. The molecule has 0 radical (unpaired) electrons. The van der Waals surface area contributed by atoms with Crippen molar-refractivity contribution >= 4 is 11.9 Å². The number of hydrogen-bond donors (Lipinski definition) is 2. The van der Waals surface area contributed by atoms with Gasteiger partial charge in [-0.1, -0.05) is 12.1 Å². The molecule has 2 rings (SSSR count). The SMILES string of the molecule is O=C(COc1ccccc1OCC(F)(F)F)NCC1(C(=O)O)CCOCC1. The van der Waals surface area contributed by atoms with Crippen molar-refractivity contribution < 1.29 is 42.1 Å². The van der Waals surface area contributed by atoms with E-state index in [0.717, 1.165) is 0 Å². The van der Waals surface area contributed by atoms with Crippen molar-refractivity contribution in [1.29, 1.82) is 0 Å². The molecule has 150 valence electrons. The average Bonchev–Trinajstić information content (AvgIpc) is 2.63. The zero-order valence-corrected chi connectivity index (χ0v) is 14.4. The van der Waals surface area contributed by atoms with E-state index >= 15 is 0 Å². The smallest absolute Gasteiger partial charge is 0.422 e. The third kappa shape index (κ3) is 6.31. The molecule has 0 unspecified atom stereocenters. The predicted molar refractivity (Wildman–Crippen MR) is 86.6 cm³/mol. The van der Waals surface area contributed by atoms with Crippen LogP contribution >= 0.6 is 0 Å². The number of aliphatic carboxylic acids is 1. The fraction of sp³-hybridized carbons (Fsp3) is 0.529. The molecule has 1 amide bonds. The van der Waals surface area contributed by atoms with Gasteiger partial charge >= 0.3 is 12.1 Å². The first-order valence-corrected chi connectivity index (χ1v) is 8.21. The molecule has 1 aromatic rings. The largest absolute Gasteiger partial charge is 0.481 e. The molecule has 1 aliphatic heterocycles. The summed E-state index contributed by atoms with van der Waals surface area (Å²) in [5.74, 6) is -1.77. The molecule has 2 N–H and O–H groups in total. The lowest BCUT2D eigenvalue weighted by Crippen LogP contribution is -2.47. The van der Waals surface area contributed by atoms with E-state index < -0.39 is 36.7 Å².